The van der Waals surface area contributed by atoms with Gasteiger partial charge in [-0.2, -0.15) is 0 Å². The molecule has 2 aliphatic heterocycles. The van der Waals surface area contributed by atoms with Crippen LogP contribution in [0, 0.1) is 0 Å². The number of ether oxygens (including phenoxy) is 1. The maximum absolute atomic E-state index is 12.6. The Morgan fingerprint density at radius 3 is 2.60 bits per heavy atom. The van der Waals surface area contributed by atoms with Crippen molar-refractivity contribution in [3.63, 3.8) is 0 Å². The van der Waals surface area contributed by atoms with Gasteiger partial charge in [0, 0.05) is 29.9 Å². The molecular weight excluding hydrogens is 408 g/mol. The Balaban J connectivity index is 1.46. The molecule has 0 aliphatic carbocycles. The van der Waals surface area contributed by atoms with Gasteiger partial charge in [0.15, 0.2) is 0 Å². The van der Waals surface area contributed by atoms with E-state index in [-0.39, 0.29) is 4.90 Å². The number of rotatable bonds is 5. The first kappa shape index (κ1) is 19.9. The zero-order chi connectivity index (χ0) is 21.1. The van der Waals surface area contributed by atoms with E-state index in [1.165, 1.54) is 17.0 Å². The lowest BCUT2D eigenvalue weighted by Crippen LogP contribution is -2.29. The summed E-state index contributed by atoms with van der Waals surface area (Å²) in [7, 11) is -3.77. The van der Waals surface area contributed by atoms with Gasteiger partial charge in [0.2, 0.25) is 0 Å². The molecule has 1 fully saturated rings. The van der Waals surface area contributed by atoms with Gasteiger partial charge in [-0.05, 0) is 48.9 Å². The van der Waals surface area contributed by atoms with Crippen LogP contribution in [0.25, 0.3) is 0 Å². The molecule has 156 valence electrons. The summed E-state index contributed by atoms with van der Waals surface area (Å²) >= 11 is 0. The van der Waals surface area contributed by atoms with Gasteiger partial charge in [0.05, 0.1) is 11.4 Å². The summed E-state index contributed by atoms with van der Waals surface area (Å²) in [5, 5.41) is 2.70. The number of carbonyl (C=O) groups is 2. The Morgan fingerprint density at radius 1 is 1.13 bits per heavy atom. The SMILES string of the molecule is O=C(Nc1cccc(S(=O)(=O)NC2=NCCC2)c1)c1ccc(N2CCOC2=O)cc1. The zero-order valence-electron chi connectivity index (χ0n) is 16.0. The molecule has 2 aromatic carbocycles. The summed E-state index contributed by atoms with van der Waals surface area (Å²) in [6.45, 7) is 1.42. The van der Waals surface area contributed by atoms with Crippen LogP contribution >= 0.6 is 0 Å². The number of nitrogens with zero attached hydrogens (tertiary/aromatic N) is 2. The van der Waals surface area contributed by atoms with Crippen molar-refractivity contribution in [2.45, 2.75) is 17.7 Å². The van der Waals surface area contributed by atoms with Gasteiger partial charge in [-0.1, -0.05) is 6.07 Å². The molecule has 2 heterocycles. The van der Waals surface area contributed by atoms with Crippen LogP contribution in [0.1, 0.15) is 23.2 Å². The summed E-state index contributed by atoms with van der Waals surface area (Å²) in [5.74, 6) is 0.0552. The van der Waals surface area contributed by atoms with E-state index in [1.807, 2.05) is 0 Å². The summed E-state index contributed by atoms with van der Waals surface area (Å²) in [6, 6.07) is 12.5. The number of amidine groups is 1. The van der Waals surface area contributed by atoms with E-state index >= 15 is 0 Å². The lowest BCUT2D eigenvalue weighted by molar-refractivity contribution is 0.102. The van der Waals surface area contributed by atoms with E-state index in [2.05, 4.69) is 15.0 Å². The van der Waals surface area contributed by atoms with Crippen molar-refractivity contribution >= 4 is 39.2 Å². The molecule has 2 N–H and O–H groups in total. The number of hydrogen-bond acceptors (Lipinski definition) is 6. The highest BCUT2D eigenvalue weighted by Gasteiger charge is 2.23. The third-order valence-corrected chi connectivity index (χ3v) is 6.11. The Hall–Kier alpha value is -3.40. The lowest BCUT2D eigenvalue weighted by Gasteiger charge is -2.13. The first-order chi connectivity index (χ1) is 14.4. The Labute approximate surface area is 173 Å². The van der Waals surface area contributed by atoms with Gasteiger partial charge >= 0.3 is 6.09 Å². The van der Waals surface area contributed by atoms with Gasteiger partial charge in [-0.15, -0.1) is 0 Å². The fourth-order valence-corrected chi connectivity index (χ4v) is 4.34. The molecular formula is C20H20N4O5S. The summed E-state index contributed by atoms with van der Waals surface area (Å²) < 4.78 is 32.5. The van der Waals surface area contributed by atoms with Crippen LogP contribution in [-0.2, 0) is 14.8 Å². The van der Waals surface area contributed by atoms with Crippen molar-refractivity contribution in [3.05, 3.63) is 54.1 Å². The molecule has 1 saturated heterocycles. The third-order valence-electron chi connectivity index (χ3n) is 4.73. The maximum atomic E-state index is 12.6. The van der Waals surface area contributed by atoms with Crippen molar-refractivity contribution in [1.82, 2.24) is 4.72 Å². The predicted octanol–water partition coefficient (Wildman–Crippen LogP) is 2.37. The lowest BCUT2D eigenvalue weighted by atomic mass is 10.1. The van der Waals surface area contributed by atoms with Crippen LogP contribution in [0.3, 0.4) is 0 Å². The smallest absolute Gasteiger partial charge is 0.414 e. The molecule has 2 amide bonds. The quantitative estimate of drug-likeness (QED) is 0.758. The zero-order valence-corrected chi connectivity index (χ0v) is 16.8. The van der Waals surface area contributed by atoms with E-state index in [1.54, 1.807) is 36.4 Å². The van der Waals surface area contributed by atoms with Gasteiger partial charge in [-0.25, -0.2) is 13.2 Å². The minimum Gasteiger partial charge on any atom is -0.447 e. The van der Waals surface area contributed by atoms with Crippen molar-refractivity contribution in [2.24, 2.45) is 4.99 Å². The van der Waals surface area contributed by atoms with E-state index in [0.29, 0.717) is 48.9 Å². The van der Waals surface area contributed by atoms with Crippen LogP contribution < -0.4 is 14.9 Å². The topological polar surface area (TPSA) is 117 Å². The maximum Gasteiger partial charge on any atom is 0.414 e. The molecule has 0 aromatic heterocycles. The highest BCUT2D eigenvalue weighted by atomic mass is 32.2. The summed E-state index contributed by atoms with van der Waals surface area (Å²) in [5.41, 5.74) is 1.37. The minimum atomic E-state index is -3.77. The van der Waals surface area contributed by atoms with Gasteiger partial charge in [-0.3, -0.25) is 19.4 Å². The molecule has 4 rings (SSSR count). The molecule has 9 nitrogen and oxygen atoms in total. The number of benzene rings is 2. The van der Waals surface area contributed by atoms with E-state index in [4.69, 9.17) is 4.74 Å². The van der Waals surface area contributed by atoms with Crippen molar-refractivity contribution in [2.75, 3.05) is 29.9 Å². The number of anilines is 2. The number of cyclic esters (lactones) is 1. The first-order valence-corrected chi connectivity index (χ1v) is 10.9. The van der Waals surface area contributed by atoms with Crippen LogP contribution in [-0.4, -0.2) is 46.0 Å². The molecule has 2 aromatic rings. The van der Waals surface area contributed by atoms with Crippen molar-refractivity contribution in [3.8, 4) is 0 Å². The van der Waals surface area contributed by atoms with Crippen LogP contribution in [0.15, 0.2) is 58.4 Å². The molecule has 0 atom stereocenters. The van der Waals surface area contributed by atoms with Crippen molar-refractivity contribution < 1.29 is 22.7 Å². The van der Waals surface area contributed by atoms with E-state index in [0.717, 1.165) is 6.42 Å². The Kier molecular flexibility index (Phi) is 5.40. The number of sulfonamides is 1. The van der Waals surface area contributed by atoms with Crippen molar-refractivity contribution in [1.29, 1.82) is 0 Å². The number of nitrogens with one attached hydrogen (secondary N) is 2. The van der Waals surface area contributed by atoms with Gasteiger partial charge < -0.3 is 10.1 Å². The number of amides is 2. The summed E-state index contributed by atoms with van der Waals surface area (Å²) in [4.78, 5) is 29.8. The average molecular weight is 428 g/mol. The fraction of sp³-hybridized carbons (Fsp3) is 0.250. The van der Waals surface area contributed by atoms with Crippen LogP contribution in [0.5, 0.6) is 0 Å². The molecule has 0 spiro atoms. The number of carbonyl (C=O) groups excluding carboxylic acids is 2. The molecule has 0 bridgehead atoms. The van der Waals surface area contributed by atoms with Gasteiger partial charge in [0.25, 0.3) is 15.9 Å². The van der Waals surface area contributed by atoms with Crippen LogP contribution in [0.2, 0.25) is 0 Å². The molecule has 10 heteroatoms. The number of aliphatic imine (C=N–C) groups is 1. The average Bonchev–Trinajstić information content (AvgIpc) is 3.39. The largest absolute Gasteiger partial charge is 0.447 e. The summed E-state index contributed by atoms with van der Waals surface area (Å²) in [6.07, 6.45) is 1.01. The Morgan fingerprint density at radius 2 is 1.93 bits per heavy atom. The Bertz CT molecular complexity index is 1110. The number of hydrogen-bond donors (Lipinski definition) is 2. The third kappa shape index (κ3) is 4.28. The fourth-order valence-electron chi connectivity index (χ4n) is 3.20. The minimum absolute atomic E-state index is 0.0396. The normalized spacial score (nSPS) is 16.2. The standard InChI is InChI=1S/C20H20N4O5S/c25-19(14-6-8-16(9-7-14)24-11-12-29-20(24)26)22-15-3-1-4-17(13-15)30(27,28)23-18-5-2-10-21-18/h1,3-4,6-9,13H,2,5,10-12H2,(H,21,23)(H,22,25). The highest BCUT2D eigenvalue weighted by Crippen LogP contribution is 2.21. The first-order valence-electron chi connectivity index (χ1n) is 9.44. The second-order valence-corrected chi connectivity index (χ2v) is 8.51. The highest BCUT2D eigenvalue weighted by molar-refractivity contribution is 7.90. The molecule has 30 heavy (non-hydrogen) atoms. The van der Waals surface area contributed by atoms with Gasteiger partial charge in [0.1, 0.15) is 12.4 Å². The predicted molar refractivity (Wildman–Crippen MR) is 111 cm³/mol. The second kappa shape index (κ2) is 8.15. The van der Waals surface area contributed by atoms with Crippen LogP contribution in [0.4, 0.5) is 16.2 Å². The molecule has 0 unspecified atom stereocenters. The van der Waals surface area contributed by atoms with E-state index < -0.39 is 22.0 Å². The monoisotopic (exact) mass is 428 g/mol. The second-order valence-electron chi connectivity index (χ2n) is 6.83. The molecule has 0 saturated carbocycles. The molecule has 2 aliphatic rings. The molecule has 0 radical (unpaired) electrons. The van der Waals surface area contributed by atoms with E-state index in [9.17, 15) is 18.0 Å².